The van der Waals surface area contributed by atoms with Gasteiger partial charge in [0.25, 0.3) is 0 Å². The molecule has 0 saturated heterocycles. The fraction of sp³-hybridized carbons (Fsp3) is 0.286. The number of hydrogen-bond donors (Lipinski definition) is 1. The summed E-state index contributed by atoms with van der Waals surface area (Å²) < 4.78 is 21.8. The summed E-state index contributed by atoms with van der Waals surface area (Å²) in [6.07, 6.45) is 0. The molecule has 1 aliphatic rings. The Labute approximate surface area is 110 Å². The van der Waals surface area contributed by atoms with Gasteiger partial charge in [0, 0.05) is 6.07 Å². The van der Waals surface area contributed by atoms with Gasteiger partial charge in [0.2, 0.25) is 6.79 Å². The van der Waals surface area contributed by atoms with E-state index in [0.717, 1.165) is 22.8 Å². The predicted octanol–water partition coefficient (Wildman–Crippen LogP) is 2.35. The second-order valence-electron chi connectivity index (χ2n) is 4.33. The quantitative estimate of drug-likeness (QED) is 0.915. The van der Waals surface area contributed by atoms with Crippen molar-refractivity contribution >= 4 is 0 Å². The van der Waals surface area contributed by atoms with Gasteiger partial charge in [-0.2, -0.15) is 0 Å². The Bertz CT molecular complexity index is 591. The molecule has 19 heavy (non-hydrogen) atoms. The van der Waals surface area contributed by atoms with Gasteiger partial charge in [0.05, 0.1) is 6.54 Å². The number of aryl methyl sites for hydroxylation is 1. The Morgan fingerprint density at radius 1 is 1.21 bits per heavy atom. The molecule has 1 aromatic carbocycles. The molecule has 2 N–H and O–H groups in total. The molecule has 1 aliphatic heterocycles. The van der Waals surface area contributed by atoms with Gasteiger partial charge >= 0.3 is 0 Å². The maximum atomic E-state index is 5.66. The van der Waals surface area contributed by atoms with Gasteiger partial charge < -0.3 is 24.4 Å². The van der Waals surface area contributed by atoms with E-state index in [1.165, 1.54) is 0 Å². The topological polar surface area (TPSA) is 66.8 Å². The second-order valence-corrected chi connectivity index (χ2v) is 4.33. The second kappa shape index (κ2) is 4.85. The molecular weight excluding hydrogens is 246 g/mol. The molecule has 2 heterocycles. The van der Waals surface area contributed by atoms with Crippen molar-refractivity contribution in [2.45, 2.75) is 20.1 Å². The standard InChI is InChI=1S/C14H15NO4/c1-9-4-11(19-14(9)6-15)7-16-10-2-3-12-13(5-10)18-8-17-12/h2-5H,6-8,15H2,1H3. The van der Waals surface area contributed by atoms with Crippen LogP contribution in [-0.4, -0.2) is 6.79 Å². The third-order valence-electron chi connectivity index (χ3n) is 2.98. The van der Waals surface area contributed by atoms with Gasteiger partial charge in [-0.15, -0.1) is 0 Å². The number of furan rings is 1. The lowest BCUT2D eigenvalue weighted by Crippen LogP contribution is -1.96. The lowest BCUT2D eigenvalue weighted by molar-refractivity contribution is 0.173. The number of benzene rings is 1. The molecule has 0 amide bonds. The molecular formula is C14H15NO4. The zero-order chi connectivity index (χ0) is 13.2. The number of hydrogen-bond acceptors (Lipinski definition) is 5. The third-order valence-corrected chi connectivity index (χ3v) is 2.98. The first kappa shape index (κ1) is 11.9. The molecule has 0 saturated carbocycles. The fourth-order valence-electron chi connectivity index (χ4n) is 1.99. The van der Waals surface area contributed by atoms with Crippen LogP contribution in [-0.2, 0) is 13.2 Å². The highest BCUT2D eigenvalue weighted by Gasteiger charge is 2.14. The van der Waals surface area contributed by atoms with Crippen LogP contribution in [0.2, 0.25) is 0 Å². The van der Waals surface area contributed by atoms with Crippen molar-refractivity contribution in [1.82, 2.24) is 0 Å². The van der Waals surface area contributed by atoms with Crippen LogP contribution >= 0.6 is 0 Å². The molecule has 0 spiro atoms. The van der Waals surface area contributed by atoms with E-state index in [9.17, 15) is 0 Å². The van der Waals surface area contributed by atoms with Crippen LogP contribution in [0.3, 0.4) is 0 Å². The van der Waals surface area contributed by atoms with Gasteiger partial charge in [-0.3, -0.25) is 0 Å². The van der Waals surface area contributed by atoms with E-state index in [0.29, 0.717) is 24.7 Å². The lowest BCUT2D eigenvalue weighted by atomic mass is 10.2. The molecule has 0 fully saturated rings. The van der Waals surface area contributed by atoms with Crippen molar-refractivity contribution in [2.24, 2.45) is 5.73 Å². The third kappa shape index (κ3) is 2.37. The van der Waals surface area contributed by atoms with Gasteiger partial charge in [-0.25, -0.2) is 0 Å². The van der Waals surface area contributed by atoms with Crippen LogP contribution in [0, 0.1) is 6.92 Å². The number of nitrogens with two attached hydrogens (primary N) is 1. The van der Waals surface area contributed by atoms with E-state index in [4.69, 9.17) is 24.4 Å². The van der Waals surface area contributed by atoms with Crippen molar-refractivity contribution in [1.29, 1.82) is 0 Å². The monoisotopic (exact) mass is 261 g/mol. The Morgan fingerprint density at radius 2 is 2.05 bits per heavy atom. The zero-order valence-corrected chi connectivity index (χ0v) is 10.6. The van der Waals surface area contributed by atoms with E-state index >= 15 is 0 Å². The summed E-state index contributed by atoms with van der Waals surface area (Å²) in [5.74, 6) is 3.72. The van der Waals surface area contributed by atoms with E-state index in [2.05, 4.69) is 0 Å². The summed E-state index contributed by atoms with van der Waals surface area (Å²) in [6, 6.07) is 7.42. The maximum Gasteiger partial charge on any atom is 0.231 e. The van der Waals surface area contributed by atoms with Crippen LogP contribution in [0.1, 0.15) is 17.1 Å². The SMILES string of the molecule is Cc1cc(COc2ccc3c(c2)OCO3)oc1CN. The molecule has 0 bridgehead atoms. The predicted molar refractivity (Wildman–Crippen MR) is 68.2 cm³/mol. The minimum atomic E-state index is 0.260. The van der Waals surface area contributed by atoms with Crippen LogP contribution in [0.5, 0.6) is 17.2 Å². The first-order valence-electron chi connectivity index (χ1n) is 6.07. The van der Waals surface area contributed by atoms with E-state index in [1.807, 2.05) is 31.2 Å². The van der Waals surface area contributed by atoms with Crippen molar-refractivity contribution in [3.63, 3.8) is 0 Å². The summed E-state index contributed by atoms with van der Waals surface area (Å²) in [5, 5.41) is 0. The molecule has 1 aromatic heterocycles. The molecule has 3 rings (SSSR count). The average Bonchev–Trinajstić information content (AvgIpc) is 3.01. The minimum Gasteiger partial charge on any atom is -0.486 e. The number of fused-ring (bicyclic) bond motifs is 1. The molecule has 0 radical (unpaired) electrons. The number of rotatable bonds is 4. The largest absolute Gasteiger partial charge is 0.486 e. The highest BCUT2D eigenvalue weighted by molar-refractivity contribution is 5.46. The van der Waals surface area contributed by atoms with Gasteiger partial charge in [0.1, 0.15) is 23.9 Å². The van der Waals surface area contributed by atoms with Crippen molar-refractivity contribution in [3.05, 3.63) is 41.3 Å². The van der Waals surface area contributed by atoms with Crippen LogP contribution < -0.4 is 19.9 Å². The summed E-state index contributed by atoms with van der Waals surface area (Å²) in [6.45, 7) is 2.99. The fourth-order valence-corrected chi connectivity index (χ4v) is 1.99. The molecule has 0 atom stereocenters. The number of ether oxygens (including phenoxy) is 3. The normalized spacial score (nSPS) is 12.7. The average molecular weight is 261 g/mol. The van der Waals surface area contributed by atoms with Gasteiger partial charge in [-0.1, -0.05) is 0 Å². The molecule has 5 heteroatoms. The first-order valence-corrected chi connectivity index (χ1v) is 6.07. The van der Waals surface area contributed by atoms with Crippen molar-refractivity contribution in [3.8, 4) is 17.2 Å². The van der Waals surface area contributed by atoms with Crippen molar-refractivity contribution < 1.29 is 18.6 Å². The summed E-state index contributed by atoms with van der Waals surface area (Å²) >= 11 is 0. The maximum absolute atomic E-state index is 5.66. The van der Waals surface area contributed by atoms with Crippen LogP contribution in [0.15, 0.2) is 28.7 Å². The van der Waals surface area contributed by atoms with E-state index < -0.39 is 0 Å². The Hall–Kier alpha value is -2.14. The summed E-state index contributed by atoms with van der Waals surface area (Å²) in [4.78, 5) is 0. The zero-order valence-electron chi connectivity index (χ0n) is 10.6. The molecule has 5 nitrogen and oxygen atoms in total. The van der Waals surface area contributed by atoms with Crippen LogP contribution in [0.4, 0.5) is 0 Å². The molecule has 2 aromatic rings. The molecule has 0 aliphatic carbocycles. The smallest absolute Gasteiger partial charge is 0.231 e. The first-order chi connectivity index (χ1) is 9.26. The van der Waals surface area contributed by atoms with Crippen molar-refractivity contribution in [2.75, 3.05) is 6.79 Å². The van der Waals surface area contributed by atoms with Crippen LogP contribution in [0.25, 0.3) is 0 Å². The highest BCUT2D eigenvalue weighted by Crippen LogP contribution is 2.35. The Balaban J connectivity index is 1.68. The van der Waals surface area contributed by atoms with E-state index in [-0.39, 0.29) is 6.79 Å². The highest BCUT2D eigenvalue weighted by atomic mass is 16.7. The van der Waals surface area contributed by atoms with Gasteiger partial charge in [0.15, 0.2) is 11.5 Å². The summed E-state index contributed by atoms with van der Waals surface area (Å²) in [5.41, 5.74) is 6.62. The minimum absolute atomic E-state index is 0.260. The molecule has 100 valence electrons. The Morgan fingerprint density at radius 3 is 2.84 bits per heavy atom. The van der Waals surface area contributed by atoms with E-state index in [1.54, 1.807) is 0 Å². The lowest BCUT2D eigenvalue weighted by Gasteiger charge is -2.05. The Kier molecular flexibility index (Phi) is 3.05. The van der Waals surface area contributed by atoms with Gasteiger partial charge in [-0.05, 0) is 30.7 Å². The summed E-state index contributed by atoms with van der Waals surface area (Å²) in [7, 11) is 0. The molecule has 0 unspecified atom stereocenters.